The van der Waals surface area contributed by atoms with Crippen LogP contribution in [-0.2, 0) is 19.7 Å². The van der Waals surface area contributed by atoms with E-state index in [2.05, 4.69) is 24.8 Å². The molecule has 3 heterocycles. The number of pyridine rings is 1. The summed E-state index contributed by atoms with van der Waals surface area (Å²) in [5, 5.41) is 14.9. The fourth-order valence-electron chi connectivity index (χ4n) is 4.64. The zero-order valence-corrected chi connectivity index (χ0v) is 22.8. The quantitative estimate of drug-likeness (QED) is 0.246. The molecular formula is C28H26F3N7O4. The van der Waals surface area contributed by atoms with Gasteiger partial charge in [-0.3, -0.25) is 9.48 Å². The van der Waals surface area contributed by atoms with Crippen LogP contribution in [0.3, 0.4) is 0 Å². The number of alkyl halides is 2. The zero-order chi connectivity index (χ0) is 30.0. The number of amides is 1. The van der Waals surface area contributed by atoms with Crippen molar-refractivity contribution in [2.24, 2.45) is 0 Å². The Morgan fingerprint density at radius 3 is 2.40 bits per heavy atom. The number of para-hydroxylation sites is 1. The lowest BCUT2D eigenvalue weighted by atomic mass is 10.1. The third-order valence-electron chi connectivity index (χ3n) is 6.52. The van der Waals surface area contributed by atoms with Crippen LogP contribution in [-0.4, -0.2) is 54.0 Å². The lowest BCUT2D eigenvalue weighted by molar-refractivity contribution is -0.0498. The molecule has 5 aromatic rings. The Morgan fingerprint density at radius 2 is 1.81 bits per heavy atom. The van der Waals surface area contributed by atoms with E-state index in [4.69, 9.17) is 4.74 Å². The van der Waals surface area contributed by atoms with Gasteiger partial charge < -0.3 is 19.1 Å². The highest BCUT2D eigenvalue weighted by molar-refractivity contribution is 6.13. The number of hydrogen-bond donors (Lipinski definition) is 1. The van der Waals surface area contributed by atoms with Crippen LogP contribution in [0.2, 0.25) is 0 Å². The highest BCUT2D eigenvalue weighted by Gasteiger charge is 2.33. The van der Waals surface area contributed by atoms with E-state index in [1.807, 2.05) is 13.8 Å². The summed E-state index contributed by atoms with van der Waals surface area (Å²) >= 11 is 0. The Hall–Kier alpha value is -4.98. The van der Waals surface area contributed by atoms with E-state index >= 15 is 4.39 Å². The van der Waals surface area contributed by atoms with Gasteiger partial charge in [-0.15, -0.1) is 5.10 Å². The van der Waals surface area contributed by atoms with Gasteiger partial charge in [-0.05, 0) is 50.2 Å². The van der Waals surface area contributed by atoms with E-state index in [-0.39, 0.29) is 40.0 Å². The summed E-state index contributed by atoms with van der Waals surface area (Å²) in [6, 6.07) is 11.5. The molecule has 0 radical (unpaired) electrons. The maximum Gasteiger partial charge on any atom is 0.387 e. The number of nitrogens with zero attached hydrogens (tertiary/aromatic N) is 7. The number of aliphatic hydroxyl groups excluding tert-OH is 1. The van der Waals surface area contributed by atoms with Crippen molar-refractivity contribution in [3.8, 4) is 23.0 Å². The van der Waals surface area contributed by atoms with Crippen LogP contribution in [0.15, 0.2) is 54.9 Å². The summed E-state index contributed by atoms with van der Waals surface area (Å²) in [5.74, 6) is -1.35. The van der Waals surface area contributed by atoms with Crippen molar-refractivity contribution in [3.05, 3.63) is 71.8 Å². The monoisotopic (exact) mass is 581 g/mol. The van der Waals surface area contributed by atoms with Crippen LogP contribution >= 0.6 is 0 Å². The molecule has 0 bridgehead atoms. The highest BCUT2D eigenvalue weighted by Crippen LogP contribution is 2.36. The number of rotatable bonds is 10. The maximum atomic E-state index is 15.1. The van der Waals surface area contributed by atoms with Crippen LogP contribution < -0.4 is 14.4 Å². The highest BCUT2D eigenvalue weighted by atomic mass is 19.3. The number of halogens is 3. The van der Waals surface area contributed by atoms with Gasteiger partial charge in [0.2, 0.25) is 5.88 Å². The second-order valence-corrected chi connectivity index (χ2v) is 8.88. The van der Waals surface area contributed by atoms with Gasteiger partial charge in [-0.1, -0.05) is 12.1 Å². The largest absolute Gasteiger partial charge is 0.480 e. The van der Waals surface area contributed by atoms with E-state index in [9.17, 15) is 18.7 Å². The smallest absolute Gasteiger partial charge is 0.387 e. The van der Waals surface area contributed by atoms with Gasteiger partial charge in [0.15, 0.2) is 5.65 Å². The average Bonchev–Trinajstić information content (AvgIpc) is 3.61. The molecule has 1 N–H and O–H groups in total. The van der Waals surface area contributed by atoms with Gasteiger partial charge in [0, 0.05) is 24.2 Å². The maximum absolute atomic E-state index is 15.1. The van der Waals surface area contributed by atoms with Gasteiger partial charge in [0.25, 0.3) is 11.9 Å². The molecule has 14 heteroatoms. The number of carbonyl (C=O) groups is 1. The van der Waals surface area contributed by atoms with Gasteiger partial charge in [-0.25, -0.2) is 14.3 Å². The number of aromatic nitrogens is 6. The summed E-state index contributed by atoms with van der Waals surface area (Å²) in [5.41, 5.74) is 0.949. The summed E-state index contributed by atoms with van der Waals surface area (Å²) in [6.45, 7) is 0.879. The molecule has 11 nitrogen and oxygen atoms in total. The van der Waals surface area contributed by atoms with Crippen LogP contribution in [0.1, 0.15) is 29.8 Å². The zero-order valence-electron chi connectivity index (χ0n) is 22.8. The van der Waals surface area contributed by atoms with Crippen LogP contribution in [0, 0.1) is 5.82 Å². The summed E-state index contributed by atoms with van der Waals surface area (Å²) in [6.07, 6.45) is 1.41. The Bertz CT molecular complexity index is 1740. The minimum Gasteiger partial charge on any atom is -0.480 e. The van der Waals surface area contributed by atoms with Crippen molar-refractivity contribution in [1.29, 1.82) is 0 Å². The second-order valence-electron chi connectivity index (χ2n) is 8.88. The molecule has 0 saturated carbocycles. The Morgan fingerprint density at radius 1 is 1.07 bits per heavy atom. The van der Waals surface area contributed by atoms with Crippen molar-refractivity contribution in [3.63, 3.8) is 0 Å². The number of fused-ring (bicyclic) bond motifs is 1. The first-order valence-corrected chi connectivity index (χ1v) is 12.9. The summed E-state index contributed by atoms with van der Waals surface area (Å²) < 4.78 is 53.5. The third kappa shape index (κ3) is 5.11. The molecule has 1 amide bonds. The number of methoxy groups -OCH3 is 1. The number of imidazole rings is 1. The number of anilines is 2. The first-order valence-electron chi connectivity index (χ1n) is 12.9. The number of aryl methyl sites for hydroxylation is 2. The van der Waals surface area contributed by atoms with Crippen molar-refractivity contribution in [1.82, 2.24) is 29.3 Å². The predicted octanol–water partition coefficient (Wildman–Crippen LogP) is 4.95. The van der Waals surface area contributed by atoms with Crippen LogP contribution in [0.5, 0.6) is 11.6 Å². The standard InChI is InChI=1S/C28H26F3N7O4/c1-4-36-15-32-28(35-36)38(20-9-7-6-8-19(20)29)26(40)21-18(14-39)22-23(34-25(21)41-3)33-24(37(22)5-2)16-10-12-17(13-11-16)42-27(30)31/h6-13,15,27,39H,4-5,14H2,1-3H3. The third-order valence-corrected chi connectivity index (χ3v) is 6.52. The topological polar surface area (TPSA) is 120 Å². The number of carbonyl (C=O) groups excluding carboxylic acids is 1. The van der Waals surface area contributed by atoms with E-state index in [1.165, 1.54) is 48.5 Å². The lowest BCUT2D eigenvalue weighted by Crippen LogP contribution is -2.30. The number of ether oxygens (including phenoxy) is 2. The van der Waals surface area contributed by atoms with Crippen molar-refractivity contribution < 1.29 is 32.5 Å². The fraction of sp³-hybridized carbons (Fsp3) is 0.250. The normalized spacial score (nSPS) is 11.3. The molecule has 0 aliphatic heterocycles. The SMILES string of the molecule is CCn1cnc(N(C(=O)c2c(OC)nc3nc(-c4ccc(OC(F)F)cc4)n(CC)c3c2CO)c2ccccc2F)n1. The van der Waals surface area contributed by atoms with E-state index < -0.39 is 24.9 Å². The molecule has 0 saturated heterocycles. The molecule has 3 aromatic heterocycles. The second kappa shape index (κ2) is 11.9. The molecule has 218 valence electrons. The molecule has 0 spiro atoms. The Balaban J connectivity index is 1.72. The summed E-state index contributed by atoms with van der Waals surface area (Å²) in [4.78, 5) is 28.6. The van der Waals surface area contributed by atoms with E-state index in [0.29, 0.717) is 30.0 Å². The molecule has 5 rings (SSSR count). The Labute approximate surface area is 237 Å². The van der Waals surface area contributed by atoms with Gasteiger partial charge in [-0.2, -0.15) is 18.7 Å². The fourth-order valence-corrected chi connectivity index (χ4v) is 4.64. The first-order chi connectivity index (χ1) is 20.3. The number of hydrogen-bond acceptors (Lipinski definition) is 8. The molecule has 0 aliphatic rings. The molecule has 0 fully saturated rings. The van der Waals surface area contributed by atoms with Crippen molar-refractivity contribution in [2.45, 2.75) is 40.2 Å². The molecule has 0 unspecified atom stereocenters. The molecular weight excluding hydrogens is 555 g/mol. The van der Waals surface area contributed by atoms with Crippen molar-refractivity contribution in [2.75, 3.05) is 12.0 Å². The van der Waals surface area contributed by atoms with E-state index in [1.54, 1.807) is 22.8 Å². The van der Waals surface area contributed by atoms with Crippen LogP contribution in [0.4, 0.5) is 24.8 Å². The predicted molar refractivity (Wildman–Crippen MR) is 146 cm³/mol. The first kappa shape index (κ1) is 28.5. The van der Waals surface area contributed by atoms with Gasteiger partial charge in [0.05, 0.1) is 24.9 Å². The minimum atomic E-state index is -2.97. The van der Waals surface area contributed by atoms with E-state index in [0.717, 1.165) is 4.90 Å². The Kier molecular flexibility index (Phi) is 8.06. The van der Waals surface area contributed by atoms with Gasteiger partial charge in [0.1, 0.15) is 29.3 Å². The molecule has 42 heavy (non-hydrogen) atoms. The van der Waals surface area contributed by atoms with Gasteiger partial charge >= 0.3 is 6.61 Å². The molecule has 0 atom stereocenters. The lowest BCUT2D eigenvalue weighted by Gasteiger charge is -2.22. The molecule has 2 aromatic carbocycles. The minimum absolute atomic E-state index is 0.0241. The number of benzene rings is 2. The average molecular weight is 582 g/mol. The van der Waals surface area contributed by atoms with Crippen molar-refractivity contribution >= 4 is 28.7 Å². The van der Waals surface area contributed by atoms with Crippen LogP contribution in [0.25, 0.3) is 22.6 Å². The molecule has 0 aliphatic carbocycles. The summed E-state index contributed by atoms with van der Waals surface area (Å²) in [7, 11) is 1.31. The number of aliphatic hydroxyl groups is 1.